The Bertz CT molecular complexity index is 757. The summed E-state index contributed by atoms with van der Waals surface area (Å²) < 4.78 is 23.9. The van der Waals surface area contributed by atoms with Crippen LogP contribution >= 0.6 is 11.3 Å². The van der Waals surface area contributed by atoms with Gasteiger partial charge in [0.25, 0.3) is 0 Å². The molecule has 1 N–H and O–H groups in total. The fourth-order valence-electron chi connectivity index (χ4n) is 3.76. The first kappa shape index (κ1) is 12.4. The number of aromatic nitrogens is 1. The van der Waals surface area contributed by atoms with Crippen molar-refractivity contribution in [3.05, 3.63) is 28.8 Å². The van der Waals surface area contributed by atoms with E-state index in [-0.39, 0.29) is 0 Å². The van der Waals surface area contributed by atoms with Crippen molar-refractivity contribution >= 4 is 21.6 Å². The first-order valence-electron chi connectivity index (χ1n) is 10.3. The molecule has 2 aliphatic heterocycles. The quantitative estimate of drug-likeness (QED) is 0.895. The van der Waals surface area contributed by atoms with Gasteiger partial charge in [-0.25, -0.2) is 4.98 Å². The molecule has 3 nitrogen and oxygen atoms in total. The maximum atomic E-state index is 7.56. The molecule has 2 fully saturated rings. The number of benzene rings is 1. The Balaban J connectivity index is 1.48. The largest absolute Gasteiger partial charge is 0.310 e. The maximum absolute atomic E-state index is 7.56. The fraction of sp³-hybridized carbons (Fsp3) is 0.632. The van der Waals surface area contributed by atoms with Gasteiger partial charge in [-0.05, 0) is 75.9 Å². The van der Waals surface area contributed by atoms with Gasteiger partial charge in [0, 0.05) is 16.1 Å². The number of hydrogen-bond acceptors (Lipinski definition) is 4. The lowest BCUT2D eigenvalue weighted by molar-refractivity contribution is 0.255. The van der Waals surface area contributed by atoms with Crippen molar-refractivity contribution < 1.29 is 4.11 Å². The van der Waals surface area contributed by atoms with E-state index in [9.17, 15) is 0 Å². The molecule has 2 aliphatic rings. The van der Waals surface area contributed by atoms with Gasteiger partial charge in [-0.1, -0.05) is 13.0 Å². The lowest BCUT2D eigenvalue weighted by Crippen LogP contribution is -2.31. The highest BCUT2D eigenvalue weighted by Gasteiger charge is 2.23. The fourth-order valence-corrected chi connectivity index (χ4v) is 4.88. The zero-order valence-electron chi connectivity index (χ0n) is 16.7. The molecule has 0 aliphatic carbocycles. The molecule has 0 saturated carbocycles. The minimum atomic E-state index is -1.96. The third-order valence-electron chi connectivity index (χ3n) is 5.34. The Morgan fingerprint density at radius 1 is 1.26 bits per heavy atom. The van der Waals surface area contributed by atoms with Crippen LogP contribution in [-0.2, 0) is 0 Å². The van der Waals surface area contributed by atoms with Crippen LogP contribution < -0.4 is 5.32 Å². The van der Waals surface area contributed by atoms with Crippen LogP contribution in [0.3, 0.4) is 0 Å². The number of piperidine rings is 2. The Labute approximate surface area is 147 Å². The number of thiazole rings is 1. The first-order chi connectivity index (χ1) is 12.4. The molecule has 0 unspecified atom stereocenters. The van der Waals surface area contributed by atoms with Crippen molar-refractivity contribution in [1.29, 1.82) is 0 Å². The molecule has 1 aromatic heterocycles. The first-order valence-corrected chi connectivity index (χ1v) is 9.60. The third kappa shape index (κ3) is 3.30. The molecule has 2 saturated heterocycles. The lowest BCUT2D eigenvalue weighted by Gasteiger charge is -2.28. The van der Waals surface area contributed by atoms with Crippen LogP contribution in [-0.4, -0.2) is 36.5 Å². The molecule has 0 spiro atoms. The van der Waals surface area contributed by atoms with Crippen molar-refractivity contribution in [3.8, 4) is 0 Å². The zero-order valence-corrected chi connectivity index (χ0v) is 14.5. The number of hydrogen-bond donors (Lipinski definition) is 1. The summed E-state index contributed by atoms with van der Waals surface area (Å²) in [7, 11) is 0. The predicted octanol–water partition coefficient (Wildman–Crippen LogP) is 4.17. The summed E-state index contributed by atoms with van der Waals surface area (Å²) in [4.78, 5) is 6.54. The molecule has 124 valence electrons. The second-order valence-electron chi connectivity index (χ2n) is 7.18. The Hall–Kier alpha value is -0.970. The Kier molecular flexibility index (Phi) is 3.50. The summed E-state index contributed by atoms with van der Waals surface area (Å²) in [6.07, 6.45) is 4.23. The van der Waals surface area contributed by atoms with Gasteiger partial charge < -0.3 is 10.2 Å². The van der Waals surface area contributed by atoms with Crippen LogP contribution in [0.5, 0.6) is 0 Å². The van der Waals surface area contributed by atoms with Gasteiger partial charge in [-0.15, -0.1) is 11.3 Å². The topological polar surface area (TPSA) is 28.2 Å². The second-order valence-corrected chi connectivity index (χ2v) is 8.25. The smallest absolute Gasteiger partial charge is 0.0970 e. The lowest BCUT2D eigenvalue weighted by atomic mass is 9.92. The highest BCUT2D eigenvalue weighted by molar-refractivity contribution is 7.18. The van der Waals surface area contributed by atoms with E-state index in [0.29, 0.717) is 25.0 Å². The van der Waals surface area contributed by atoms with Crippen molar-refractivity contribution in [3.63, 3.8) is 0 Å². The number of likely N-dealkylation sites (tertiary alicyclic amines) is 1. The average Bonchev–Trinajstić information content (AvgIpc) is 3.05. The molecular weight excluding hydrogens is 302 g/mol. The summed E-state index contributed by atoms with van der Waals surface area (Å²) in [5.41, 5.74) is 2.44. The summed E-state index contributed by atoms with van der Waals surface area (Å²) in [5.74, 6) is 1.16. The minimum absolute atomic E-state index is 0.392. The van der Waals surface area contributed by atoms with Crippen LogP contribution in [0.15, 0.2) is 18.2 Å². The molecule has 0 bridgehead atoms. The van der Waals surface area contributed by atoms with Gasteiger partial charge >= 0.3 is 0 Å². The standard InChI is InChI=1S/C19H27N3S/c1-13-3-5-16(20-12-13)15-4-6-18-17(11-15)21-19(23-18)14-7-9-22(2)10-8-14/h4,6,11,13-14,16,20H,3,5,7-10,12H2,1-2H3/t13-,16+/m0/s1/i2D3. The van der Waals surface area contributed by atoms with Crippen molar-refractivity contribution in [2.24, 2.45) is 5.92 Å². The maximum Gasteiger partial charge on any atom is 0.0970 e. The van der Waals surface area contributed by atoms with Crippen LogP contribution in [0.25, 0.3) is 10.2 Å². The molecule has 3 heterocycles. The minimum Gasteiger partial charge on any atom is -0.310 e. The SMILES string of the molecule is [2H]C([2H])([2H])N1CCC(c2nc3cc([C@H]4CC[C@H](C)CN4)ccc3s2)CC1. The Morgan fingerprint density at radius 2 is 2.13 bits per heavy atom. The monoisotopic (exact) mass is 332 g/mol. The van der Waals surface area contributed by atoms with Crippen LogP contribution in [0.4, 0.5) is 0 Å². The van der Waals surface area contributed by atoms with Crippen LogP contribution in [0, 0.1) is 5.92 Å². The van der Waals surface area contributed by atoms with E-state index in [1.807, 2.05) is 0 Å². The highest BCUT2D eigenvalue weighted by atomic mass is 32.1. The second kappa shape index (κ2) is 6.50. The van der Waals surface area contributed by atoms with Gasteiger partial charge in [-0.2, -0.15) is 0 Å². The van der Waals surface area contributed by atoms with E-state index in [1.54, 1.807) is 16.2 Å². The van der Waals surface area contributed by atoms with E-state index < -0.39 is 6.98 Å². The van der Waals surface area contributed by atoms with Gasteiger partial charge in [0.1, 0.15) is 0 Å². The highest BCUT2D eigenvalue weighted by Crippen LogP contribution is 2.35. The van der Waals surface area contributed by atoms with E-state index in [4.69, 9.17) is 9.10 Å². The number of nitrogens with one attached hydrogen (secondary N) is 1. The van der Waals surface area contributed by atoms with E-state index in [0.717, 1.165) is 30.8 Å². The third-order valence-corrected chi connectivity index (χ3v) is 6.53. The van der Waals surface area contributed by atoms with Crippen molar-refractivity contribution in [2.45, 2.75) is 44.6 Å². The summed E-state index contributed by atoms with van der Waals surface area (Å²) >= 11 is 1.78. The number of fused-ring (bicyclic) bond motifs is 1. The average molecular weight is 333 g/mol. The molecule has 0 amide bonds. The molecular formula is C19H27N3S. The molecule has 2 atom stereocenters. The van der Waals surface area contributed by atoms with Gasteiger partial charge in [-0.3, -0.25) is 0 Å². The normalized spacial score (nSPS) is 30.0. The molecule has 4 heteroatoms. The molecule has 0 radical (unpaired) electrons. The van der Waals surface area contributed by atoms with Gasteiger partial charge in [0.05, 0.1) is 15.2 Å². The van der Waals surface area contributed by atoms with Crippen molar-refractivity contribution in [1.82, 2.24) is 15.2 Å². The Morgan fingerprint density at radius 3 is 2.87 bits per heavy atom. The molecule has 4 rings (SSSR count). The number of rotatable bonds is 2. The van der Waals surface area contributed by atoms with Crippen LogP contribution in [0.2, 0.25) is 0 Å². The van der Waals surface area contributed by atoms with E-state index in [2.05, 4.69) is 30.4 Å². The molecule has 2 aromatic rings. The molecule has 1 aromatic carbocycles. The van der Waals surface area contributed by atoms with Gasteiger partial charge in [0.2, 0.25) is 0 Å². The van der Waals surface area contributed by atoms with Gasteiger partial charge in [0.15, 0.2) is 0 Å². The molecule has 23 heavy (non-hydrogen) atoms. The van der Waals surface area contributed by atoms with Crippen molar-refractivity contribution in [2.75, 3.05) is 26.6 Å². The zero-order chi connectivity index (χ0) is 18.3. The van der Waals surface area contributed by atoms with Crippen LogP contribution in [0.1, 0.15) is 59.3 Å². The van der Waals surface area contributed by atoms with E-state index >= 15 is 0 Å². The summed E-state index contributed by atoms with van der Waals surface area (Å²) in [6, 6.07) is 7.15. The summed E-state index contributed by atoms with van der Waals surface area (Å²) in [5, 5.41) is 4.83. The predicted molar refractivity (Wildman–Crippen MR) is 98.2 cm³/mol. The number of nitrogens with zero attached hydrogens (tertiary/aromatic N) is 2. The summed E-state index contributed by atoms with van der Waals surface area (Å²) in [6.45, 7) is 2.70. The van der Waals surface area contributed by atoms with E-state index in [1.165, 1.54) is 28.1 Å².